The molecule has 3 amide bonds. The Kier molecular flexibility index (Phi) is 6.18. The summed E-state index contributed by atoms with van der Waals surface area (Å²) in [5, 5.41) is 6.07. The van der Waals surface area contributed by atoms with Gasteiger partial charge in [-0.15, -0.1) is 0 Å². The molecule has 2 aromatic rings. The summed E-state index contributed by atoms with van der Waals surface area (Å²) < 4.78 is 44.5. The fraction of sp³-hybridized carbons (Fsp3) is 0.391. The lowest BCUT2D eigenvalue weighted by atomic mass is 9.80. The van der Waals surface area contributed by atoms with Crippen LogP contribution in [0.2, 0.25) is 5.02 Å². The number of hydrogen-bond donors (Lipinski definition) is 2. The van der Waals surface area contributed by atoms with E-state index in [0.29, 0.717) is 43.1 Å². The largest absolute Gasteiger partial charge is 0.485 e. The minimum atomic E-state index is -4.43. The van der Waals surface area contributed by atoms with Crippen LogP contribution in [0.4, 0.5) is 23.7 Å². The number of carbonyl (C=O) groups excluding carboxylic acids is 2. The van der Waals surface area contributed by atoms with Crippen LogP contribution < -0.4 is 15.4 Å². The first-order valence-corrected chi connectivity index (χ1v) is 10.9. The molecular formula is C23H23ClF3N3O3. The summed E-state index contributed by atoms with van der Waals surface area (Å²) in [6, 6.07) is 9.10. The molecule has 1 saturated heterocycles. The molecule has 0 aliphatic carbocycles. The number of hydrogen-bond acceptors (Lipinski definition) is 3. The molecule has 2 heterocycles. The third-order valence-electron chi connectivity index (χ3n) is 6.07. The number of anilines is 1. The Balaban J connectivity index is 1.43. The summed E-state index contributed by atoms with van der Waals surface area (Å²) in [7, 11) is 0. The zero-order valence-corrected chi connectivity index (χ0v) is 18.6. The van der Waals surface area contributed by atoms with Crippen molar-refractivity contribution >= 4 is 29.2 Å². The van der Waals surface area contributed by atoms with Crippen LogP contribution in [0.15, 0.2) is 42.5 Å². The first-order chi connectivity index (χ1) is 15.6. The summed E-state index contributed by atoms with van der Waals surface area (Å²) in [6.07, 6.45) is -2.84. The number of urea groups is 1. The standard InChI is InChI=1S/C23H23ClF3N3O3/c1-14(31)28-19-13-22(33-20-17(19)3-2-4-18(20)24)9-11-30(12-10-22)21(32)29-16-7-5-15(6-8-16)23(25,26)27/h2-8,19H,9-13H2,1H3,(H,28,31)(H,29,32). The van der Waals surface area contributed by atoms with Crippen LogP contribution in [0.5, 0.6) is 5.75 Å². The van der Waals surface area contributed by atoms with Gasteiger partial charge >= 0.3 is 12.2 Å². The fourth-order valence-electron chi connectivity index (χ4n) is 4.39. The highest BCUT2D eigenvalue weighted by atomic mass is 35.5. The highest BCUT2D eigenvalue weighted by Crippen LogP contribution is 2.47. The van der Waals surface area contributed by atoms with Crippen LogP contribution in [-0.4, -0.2) is 35.5 Å². The normalized spacial score (nSPS) is 19.4. The monoisotopic (exact) mass is 481 g/mol. The number of ether oxygens (including phenoxy) is 1. The minimum absolute atomic E-state index is 0.156. The van der Waals surface area contributed by atoms with Gasteiger partial charge < -0.3 is 20.3 Å². The molecule has 1 unspecified atom stereocenters. The second-order valence-electron chi connectivity index (χ2n) is 8.39. The van der Waals surface area contributed by atoms with Gasteiger partial charge in [0.2, 0.25) is 5.91 Å². The number of nitrogens with zero attached hydrogens (tertiary/aromatic N) is 1. The number of carbonyl (C=O) groups is 2. The zero-order chi connectivity index (χ0) is 23.8. The molecule has 10 heteroatoms. The molecule has 2 N–H and O–H groups in total. The van der Waals surface area contributed by atoms with Gasteiger partial charge in [0, 0.05) is 50.5 Å². The lowest BCUT2D eigenvalue weighted by Gasteiger charge is -2.47. The topological polar surface area (TPSA) is 70.7 Å². The Labute approximate surface area is 194 Å². The molecule has 1 spiro atoms. The van der Waals surface area contributed by atoms with Crippen molar-refractivity contribution in [3.05, 3.63) is 58.6 Å². The van der Waals surface area contributed by atoms with E-state index in [-0.39, 0.29) is 17.6 Å². The number of piperidine rings is 1. The van der Waals surface area contributed by atoms with Crippen molar-refractivity contribution in [1.29, 1.82) is 0 Å². The average Bonchev–Trinajstić information content (AvgIpc) is 2.74. The molecule has 1 atom stereocenters. The van der Waals surface area contributed by atoms with E-state index in [2.05, 4.69) is 10.6 Å². The van der Waals surface area contributed by atoms with Crippen molar-refractivity contribution in [3.8, 4) is 5.75 Å². The molecule has 0 radical (unpaired) electrons. The molecule has 2 aliphatic heterocycles. The Bertz CT molecular complexity index is 1050. The van der Waals surface area contributed by atoms with E-state index in [0.717, 1.165) is 17.7 Å². The van der Waals surface area contributed by atoms with E-state index in [1.807, 2.05) is 12.1 Å². The fourth-order valence-corrected chi connectivity index (χ4v) is 4.61. The molecule has 33 heavy (non-hydrogen) atoms. The van der Waals surface area contributed by atoms with Crippen molar-refractivity contribution in [1.82, 2.24) is 10.2 Å². The molecular weight excluding hydrogens is 459 g/mol. The van der Waals surface area contributed by atoms with Crippen LogP contribution in [-0.2, 0) is 11.0 Å². The van der Waals surface area contributed by atoms with E-state index >= 15 is 0 Å². The highest BCUT2D eigenvalue weighted by molar-refractivity contribution is 6.32. The predicted octanol–water partition coefficient (Wildman–Crippen LogP) is 5.39. The van der Waals surface area contributed by atoms with Crippen LogP contribution in [0.25, 0.3) is 0 Å². The second kappa shape index (κ2) is 8.78. The number of nitrogens with one attached hydrogen (secondary N) is 2. The third-order valence-corrected chi connectivity index (χ3v) is 6.37. The number of likely N-dealkylation sites (tertiary alicyclic amines) is 1. The second-order valence-corrected chi connectivity index (χ2v) is 8.80. The molecule has 176 valence electrons. The molecule has 0 aromatic heterocycles. The quantitative estimate of drug-likeness (QED) is 0.604. The number of rotatable bonds is 2. The summed E-state index contributed by atoms with van der Waals surface area (Å²) in [6.45, 7) is 2.23. The summed E-state index contributed by atoms with van der Waals surface area (Å²) in [4.78, 5) is 26.0. The zero-order valence-electron chi connectivity index (χ0n) is 17.8. The van der Waals surface area contributed by atoms with Crippen molar-refractivity contribution in [3.63, 3.8) is 0 Å². The number of benzene rings is 2. The van der Waals surface area contributed by atoms with Gasteiger partial charge in [0.1, 0.15) is 11.4 Å². The van der Waals surface area contributed by atoms with Gasteiger partial charge in [-0.1, -0.05) is 23.7 Å². The Morgan fingerprint density at radius 1 is 1.12 bits per heavy atom. The maximum atomic E-state index is 12.7. The molecule has 0 bridgehead atoms. The van der Waals surface area contributed by atoms with Crippen LogP contribution in [0.1, 0.15) is 43.4 Å². The first kappa shape index (κ1) is 23.2. The molecule has 2 aromatic carbocycles. The van der Waals surface area contributed by atoms with Crippen molar-refractivity contribution in [2.24, 2.45) is 0 Å². The van der Waals surface area contributed by atoms with E-state index in [9.17, 15) is 22.8 Å². The van der Waals surface area contributed by atoms with Gasteiger partial charge in [0.15, 0.2) is 0 Å². The number of alkyl halides is 3. The Morgan fingerprint density at radius 2 is 1.79 bits per heavy atom. The van der Waals surface area contributed by atoms with E-state index in [1.54, 1.807) is 11.0 Å². The third kappa shape index (κ3) is 5.03. The Morgan fingerprint density at radius 3 is 2.39 bits per heavy atom. The van der Waals surface area contributed by atoms with E-state index in [4.69, 9.17) is 16.3 Å². The van der Waals surface area contributed by atoms with Gasteiger partial charge in [-0.05, 0) is 30.3 Å². The van der Waals surface area contributed by atoms with Crippen molar-refractivity contribution < 1.29 is 27.5 Å². The lowest BCUT2D eigenvalue weighted by Crippen LogP contribution is -2.54. The van der Waals surface area contributed by atoms with Gasteiger partial charge in [-0.2, -0.15) is 13.2 Å². The first-order valence-electron chi connectivity index (χ1n) is 10.5. The van der Waals surface area contributed by atoms with Gasteiger partial charge in [0.05, 0.1) is 16.6 Å². The molecule has 1 fully saturated rings. The SMILES string of the molecule is CC(=O)NC1CC2(CCN(C(=O)Nc3ccc(C(F)(F)F)cc3)CC2)Oc2c(Cl)cccc21. The van der Waals surface area contributed by atoms with Gasteiger partial charge in [-0.3, -0.25) is 4.79 Å². The van der Waals surface area contributed by atoms with Crippen molar-refractivity contribution in [2.75, 3.05) is 18.4 Å². The summed E-state index contributed by atoms with van der Waals surface area (Å²) in [5.41, 5.74) is -0.252. The van der Waals surface area contributed by atoms with E-state index < -0.39 is 23.4 Å². The number of fused-ring (bicyclic) bond motifs is 1. The lowest BCUT2D eigenvalue weighted by molar-refractivity contribution is -0.137. The van der Waals surface area contributed by atoms with Crippen molar-refractivity contribution in [2.45, 2.75) is 44.0 Å². The minimum Gasteiger partial charge on any atom is -0.485 e. The summed E-state index contributed by atoms with van der Waals surface area (Å²) >= 11 is 6.37. The van der Waals surface area contributed by atoms with E-state index in [1.165, 1.54) is 19.1 Å². The van der Waals surface area contributed by atoms with Gasteiger partial charge in [0.25, 0.3) is 0 Å². The predicted molar refractivity (Wildman–Crippen MR) is 117 cm³/mol. The maximum absolute atomic E-state index is 12.7. The number of halogens is 4. The Hall–Kier alpha value is -2.94. The highest BCUT2D eigenvalue weighted by Gasteiger charge is 2.45. The smallest absolute Gasteiger partial charge is 0.416 e. The molecule has 0 saturated carbocycles. The molecule has 2 aliphatic rings. The number of amides is 3. The molecule has 6 nitrogen and oxygen atoms in total. The van der Waals surface area contributed by atoms with Crippen LogP contribution in [0, 0.1) is 0 Å². The van der Waals surface area contributed by atoms with Gasteiger partial charge in [-0.25, -0.2) is 4.79 Å². The summed E-state index contributed by atoms with van der Waals surface area (Å²) in [5.74, 6) is 0.392. The maximum Gasteiger partial charge on any atom is 0.416 e. The molecule has 4 rings (SSSR count). The van der Waals surface area contributed by atoms with Crippen LogP contribution in [0.3, 0.4) is 0 Å². The average molecular weight is 482 g/mol. The number of para-hydroxylation sites is 1. The van der Waals surface area contributed by atoms with Crippen LogP contribution >= 0.6 is 11.6 Å².